The van der Waals surface area contributed by atoms with E-state index in [0.29, 0.717) is 6.54 Å². The average Bonchev–Trinajstić information content (AvgIpc) is 2.74. The highest BCUT2D eigenvalue weighted by Crippen LogP contribution is 2.45. The topological polar surface area (TPSA) is 78.9 Å². The van der Waals surface area contributed by atoms with Crippen LogP contribution in [0.1, 0.15) is 23.0 Å². The van der Waals surface area contributed by atoms with Gasteiger partial charge in [-0.15, -0.1) is 12.2 Å². The van der Waals surface area contributed by atoms with Crippen LogP contribution in [0.2, 0.25) is 6.32 Å². The Labute approximate surface area is 179 Å². The second kappa shape index (κ2) is 9.54. The van der Waals surface area contributed by atoms with E-state index in [2.05, 4.69) is 0 Å². The van der Waals surface area contributed by atoms with E-state index in [0.717, 1.165) is 22.5 Å². The summed E-state index contributed by atoms with van der Waals surface area (Å²) in [5.41, 5.74) is 3.56. The Morgan fingerprint density at radius 1 is 0.900 bits per heavy atom. The first-order valence-electron chi connectivity index (χ1n) is 10.1. The third-order valence-electron chi connectivity index (χ3n) is 5.79. The van der Waals surface area contributed by atoms with Gasteiger partial charge in [-0.1, -0.05) is 24.3 Å². The van der Waals surface area contributed by atoms with Crippen LogP contribution in [0.5, 0.6) is 0 Å². The molecular formula is C23H27BN2O4-2. The Morgan fingerprint density at radius 3 is 1.80 bits per heavy atom. The Bertz CT molecular complexity index is 831. The summed E-state index contributed by atoms with van der Waals surface area (Å²) >= 11 is 0. The van der Waals surface area contributed by atoms with E-state index >= 15 is 0 Å². The fraction of sp³-hybridized carbons (Fsp3) is 0.435. The van der Waals surface area contributed by atoms with Gasteiger partial charge in [0.15, 0.2) is 0 Å². The van der Waals surface area contributed by atoms with Gasteiger partial charge in [0, 0.05) is 38.8 Å². The van der Waals surface area contributed by atoms with Gasteiger partial charge in [-0.05, 0) is 47.2 Å². The molecule has 3 rings (SSSR count). The fourth-order valence-electron chi connectivity index (χ4n) is 3.86. The minimum absolute atomic E-state index is 0.132. The van der Waals surface area contributed by atoms with Crippen LogP contribution in [0.4, 0.5) is 11.4 Å². The third-order valence-corrected chi connectivity index (χ3v) is 5.79. The number of ether oxygens (including phenoxy) is 1. The zero-order chi connectivity index (χ0) is 21.8. The normalized spacial score (nSPS) is 22.8. The standard InChI is InChI=1S/C23H27BN2O4/c1-25(2)17-8-4-15(5-9-17)20-22(28)21(23(20)29)16-6-10-18(11-7-16)26(3)12-13-30-19(27)14-24/h4-11,20-23H,12-14H2,1-3H3/q-2. The van der Waals surface area contributed by atoms with E-state index in [1.54, 1.807) is 0 Å². The lowest BCUT2D eigenvalue weighted by Gasteiger charge is -2.61. The highest BCUT2D eigenvalue weighted by molar-refractivity contribution is 6.18. The lowest BCUT2D eigenvalue weighted by atomic mass is 9.63. The maximum absolute atomic E-state index is 12.8. The Kier molecular flexibility index (Phi) is 7.05. The van der Waals surface area contributed by atoms with Crippen molar-refractivity contribution >= 4 is 25.2 Å². The van der Waals surface area contributed by atoms with Crippen LogP contribution in [0.15, 0.2) is 48.5 Å². The molecule has 0 amide bonds. The molecule has 7 heteroatoms. The molecular weight excluding hydrogens is 379 g/mol. The monoisotopic (exact) mass is 406 g/mol. The molecule has 6 nitrogen and oxygen atoms in total. The first kappa shape index (κ1) is 22.2. The summed E-state index contributed by atoms with van der Waals surface area (Å²) in [4.78, 5) is 15.0. The summed E-state index contributed by atoms with van der Waals surface area (Å²) in [6, 6.07) is 15.1. The molecule has 0 saturated heterocycles. The molecule has 1 saturated carbocycles. The van der Waals surface area contributed by atoms with Gasteiger partial charge in [-0.2, -0.15) is 0 Å². The van der Waals surface area contributed by atoms with Crippen LogP contribution < -0.4 is 20.0 Å². The maximum atomic E-state index is 12.8. The molecule has 0 aromatic heterocycles. The first-order valence-corrected chi connectivity index (χ1v) is 10.1. The predicted octanol–water partition coefficient (Wildman–Crippen LogP) is 0.658. The molecule has 1 fully saturated rings. The summed E-state index contributed by atoms with van der Waals surface area (Å²) in [5, 5.41) is 25.7. The van der Waals surface area contributed by atoms with Crippen LogP contribution in [0, 0.1) is 0 Å². The highest BCUT2D eigenvalue weighted by Gasteiger charge is 2.38. The Hall–Kier alpha value is -2.51. The van der Waals surface area contributed by atoms with Gasteiger partial charge in [0.1, 0.15) is 6.61 Å². The Morgan fingerprint density at radius 2 is 1.37 bits per heavy atom. The number of carbonyl (C=O) groups excluding carboxylic acids is 1. The molecule has 2 aromatic carbocycles. The van der Waals surface area contributed by atoms with Gasteiger partial charge < -0.3 is 24.7 Å². The molecule has 2 unspecified atom stereocenters. The van der Waals surface area contributed by atoms with Gasteiger partial charge in [-0.25, -0.2) is 0 Å². The summed E-state index contributed by atoms with van der Waals surface area (Å²) in [7, 11) is 11.0. The van der Waals surface area contributed by atoms with Crippen molar-refractivity contribution in [1.82, 2.24) is 0 Å². The zero-order valence-electron chi connectivity index (χ0n) is 17.7. The molecule has 2 aromatic rings. The van der Waals surface area contributed by atoms with Gasteiger partial charge in [0.25, 0.3) is 5.97 Å². The molecule has 2 atom stereocenters. The summed E-state index contributed by atoms with van der Waals surface area (Å²) < 4.78 is 4.98. The predicted molar refractivity (Wildman–Crippen MR) is 115 cm³/mol. The summed E-state index contributed by atoms with van der Waals surface area (Å²) in [6.45, 7) is 0.768. The van der Waals surface area contributed by atoms with E-state index in [4.69, 9.17) is 12.6 Å². The maximum Gasteiger partial charge on any atom is 0.297 e. The van der Waals surface area contributed by atoms with Crippen molar-refractivity contribution < 1.29 is 19.7 Å². The van der Waals surface area contributed by atoms with Gasteiger partial charge >= 0.3 is 0 Å². The summed E-state index contributed by atoms with van der Waals surface area (Å²) in [6.07, 6.45) is -2.03. The molecule has 158 valence electrons. The lowest BCUT2D eigenvalue weighted by molar-refractivity contribution is -0.536. The number of hydrogen-bond donors (Lipinski definition) is 0. The van der Waals surface area contributed by atoms with Crippen molar-refractivity contribution in [2.45, 2.75) is 30.4 Å². The Balaban J connectivity index is 1.61. The molecule has 1 aliphatic carbocycles. The molecule has 0 spiro atoms. The molecule has 0 heterocycles. The number of anilines is 2. The van der Waals surface area contributed by atoms with Gasteiger partial charge in [0.2, 0.25) is 0 Å². The van der Waals surface area contributed by atoms with Crippen molar-refractivity contribution in [1.29, 1.82) is 0 Å². The number of rotatable bonds is 8. The SMILES string of the molecule is [B]CC(=O)OCCN(C)c1ccc(C2C([O-])C(c3ccc(N(C)C)cc3)C2[O-])cc1. The minimum atomic E-state index is -0.947. The molecule has 30 heavy (non-hydrogen) atoms. The van der Waals surface area contributed by atoms with Crippen LogP contribution in [-0.2, 0) is 9.53 Å². The lowest BCUT2D eigenvalue weighted by Crippen LogP contribution is -2.63. The van der Waals surface area contributed by atoms with Crippen LogP contribution in [-0.4, -0.2) is 60.3 Å². The van der Waals surface area contributed by atoms with Crippen LogP contribution in [0.3, 0.4) is 0 Å². The minimum Gasteiger partial charge on any atom is -0.851 e. The van der Waals surface area contributed by atoms with E-state index in [-0.39, 0.29) is 12.9 Å². The van der Waals surface area contributed by atoms with E-state index in [1.807, 2.05) is 79.5 Å². The van der Waals surface area contributed by atoms with E-state index < -0.39 is 30.0 Å². The van der Waals surface area contributed by atoms with Crippen molar-refractivity contribution in [3.05, 3.63) is 59.7 Å². The van der Waals surface area contributed by atoms with Gasteiger partial charge in [-0.3, -0.25) is 4.79 Å². The van der Waals surface area contributed by atoms with Crippen LogP contribution in [0.25, 0.3) is 0 Å². The van der Waals surface area contributed by atoms with Crippen molar-refractivity contribution in [2.75, 3.05) is 44.1 Å². The summed E-state index contributed by atoms with van der Waals surface area (Å²) in [5.74, 6) is -1.48. The first-order chi connectivity index (χ1) is 14.3. The third kappa shape index (κ3) is 4.63. The number of carbonyl (C=O) groups is 1. The fourth-order valence-corrected chi connectivity index (χ4v) is 3.86. The molecule has 0 bridgehead atoms. The average molecular weight is 406 g/mol. The molecule has 0 aliphatic heterocycles. The number of nitrogens with zero attached hydrogens (tertiary/aromatic N) is 2. The molecule has 0 N–H and O–H groups in total. The van der Waals surface area contributed by atoms with Crippen LogP contribution >= 0.6 is 0 Å². The highest BCUT2D eigenvalue weighted by atomic mass is 16.5. The largest absolute Gasteiger partial charge is 0.851 e. The number of benzene rings is 2. The number of hydrogen-bond acceptors (Lipinski definition) is 6. The number of likely N-dealkylation sites (N-methyl/N-ethyl adjacent to an activating group) is 1. The smallest absolute Gasteiger partial charge is 0.297 e. The number of esters is 1. The van der Waals surface area contributed by atoms with E-state index in [1.165, 1.54) is 0 Å². The van der Waals surface area contributed by atoms with Crippen molar-refractivity contribution in [3.8, 4) is 0 Å². The second-order valence-electron chi connectivity index (χ2n) is 7.90. The van der Waals surface area contributed by atoms with E-state index in [9.17, 15) is 15.0 Å². The van der Waals surface area contributed by atoms with Gasteiger partial charge in [0.05, 0.1) is 14.4 Å². The second-order valence-corrected chi connectivity index (χ2v) is 7.90. The molecule has 2 radical (unpaired) electrons. The molecule has 1 aliphatic rings. The quantitative estimate of drug-likeness (QED) is 0.474. The zero-order valence-corrected chi connectivity index (χ0v) is 17.7. The van der Waals surface area contributed by atoms with Crippen molar-refractivity contribution in [3.63, 3.8) is 0 Å². The van der Waals surface area contributed by atoms with Crippen molar-refractivity contribution in [2.24, 2.45) is 0 Å².